The third-order valence-electron chi connectivity index (χ3n) is 4.22. The van der Waals surface area contributed by atoms with Gasteiger partial charge >= 0.3 is 0 Å². The van der Waals surface area contributed by atoms with Gasteiger partial charge in [0.2, 0.25) is 5.91 Å². The van der Waals surface area contributed by atoms with Gasteiger partial charge in [0, 0.05) is 57.1 Å². The van der Waals surface area contributed by atoms with Crippen LogP contribution in [0.3, 0.4) is 0 Å². The summed E-state index contributed by atoms with van der Waals surface area (Å²) in [6.07, 6.45) is 1.81. The largest absolute Gasteiger partial charge is 0.336 e. The monoisotopic (exact) mass is 338 g/mol. The smallest absolute Gasteiger partial charge is 0.253 e. The first-order chi connectivity index (χ1) is 12.1. The summed E-state index contributed by atoms with van der Waals surface area (Å²) in [5, 5.41) is 2.70. The summed E-state index contributed by atoms with van der Waals surface area (Å²) in [7, 11) is 0. The molecule has 1 aromatic carbocycles. The van der Waals surface area contributed by atoms with Gasteiger partial charge in [0.1, 0.15) is 0 Å². The maximum Gasteiger partial charge on any atom is 0.253 e. The number of nitrogens with one attached hydrogen (secondary N) is 1. The molecule has 130 valence electrons. The van der Waals surface area contributed by atoms with Gasteiger partial charge in [-0.05, 0) is 36.4 Å². The van der Waals surface area contributed by atoms with Gasteiger partial charge in [0.15, 0.2) is 0 Å². The number of aromatic nitrogens is 1. The van der Waals surface area contributed by atoms with E-state index in [1.807, 2.05) is 23.1 Å². The first-order valence-corrected chi connectivity index (χ1v) is 8.41. The van der Waals surface area contributed by atoms with Crippen LogP contribution in [0.4, 0.5) is 5.69 Å². The maximum atomic E-state index is 12.6. The van der Waals surface area contributed by atoms with Gasteiger partial charge in [0.05, 0.1) is 5.69 Å². The molecule has 1 aliphatic heterocycles. The number of piperazine rings is 1. The molecule has 0 radical (unpaired) electrons. The maximum absolute atomic E-state index is 12.6. The molecule has 0 spiro atoms. The fourth-order valence-electron chi connectivity index (χ4n) is 2.91. The zero-order valence-electron chi connectivity index (χ0n) is 14.3. The van der Waals surface area contributed by atoms with Crippen molar-refractivity contribution in [2.75, 3.05) is 31.5 Å². The number of pyridine rings is 1. The zero-order valence-corrected chi connectivity index (χ0v) is 14.3. The molecule has 2 heterocycles. The van der Waals surface area contributed by atoms with Crippen molar-refractivity contribution < 1.29 is 9.59 Å². The van der Waals surface area contributed by atoms with Crippen LogP contribution in [0.1, 0.15) is 23.0 Å². The molecule has 0 bridgehead atoms. The summed E-state index contributed by atoms with van der Waals surface area (Å²) in [6.45, 7) is 5.37. The van der Waals surface area contributed by atoms with Gasteiger partial charge < -0.3 is 10.2 Å². The van der Waals surface area contributed by atoms with Crippen LogP contribution in [0.15, 0.2) is 48.7 Å². The molecule has 1 fully saturated rings. The molecule has 1 aliphatic rings. The summed E-state index contributed by atoms with van der Waals surface area (Å²) in [5.41, 5.74) is 2.40. The van der Waals surface area contributed by atoms with E-state index < -0.39 is 0 Å². The van der Waals surface area contributed by atoms with Crippen LogP contribution in [0.5, 0.6) is 0 Å². The van der Waals surface area contributed by atoms with Gasteiger partial charge in [-0.3, -0.25) is 19.5 Å². The number of hydrogen-bond donors (Lipinski definition) is 1. The lowest BCUT2D eigenvalue weighted by molar-refractivity contribution is -0.114. The minimum absolute atomic E-state index is 0.0341. The highest BCUT2D eigenvalue weighted by molar-refractivity contribution is 5.95. The Morgan fingerprint density at radius 1 is 1.04 bits per heavy atom. The van der Waals surface area contributed by atoms with Gasteiger partial charge in [0.25, 0.3) is 5.91 Å². The molecule has 6 heteroatoms. The number of benzene rings is 1. The molecule has 0 atom stereocenters. The molecule has 25 heavy (non-hydrogen) atoms. The highest BCUT2D eigenvalue weighted by atomic mass is 16.2. The Hall–Kier alpha value is -2.73. The van der Waals surface area contributed by atoms with E-state index in [1.165, 1.54) is 6.92 Å². The van der Waals surface area contributed by atoms with Crippen molar-refractivity contribution in [3.8, 4) is 0 Å². The molecule has 0 saturated carbocycles. The van der Waals surface area contributed by atoms with Gasteiger partial charge in [-0.2, -0.15) is 0 Å². The molecule has 1 saturated heterocycles. The Bertz CT molecular complexity index is 723. The number of nitrogens with zero attached hydrogens (tertiary/aromatic N) is 3. The molecule has 1 aromatic heterocycles. The fourth-order valence-corrected chi connectivity index (χ4v) is 2.91. The van der Waals surface area contributed by atoms with Gasteiger partial charge in [-0.1, -0.05) is 6.07 Å². The van der Waals surface area contributed by atoms with Crippen LogP contribution in [0.25, 0.3) is 0 Å². The molecule has 6 nitrogen and oxygen atoms in total. The molecule has 3 rings (SSSR count). The number of amides is 2. The molecule has 2 aromatic rings. The third kappa shape index (κ3) is 4.64. The molecular weight excluding hydrogens is 316 g/mol. The lowest BCUT2D eigenvalue weighted by atomic mass is 10.1. The Morgan fingerprint density at radius 3 is 2.36 bits per heavy atom. The van der Waals surface area contributed by atoms with Crippen LogP contribution < -0.4 is 5.32 Å². The highest BCUT2D eigenvalue weighted by Crippen LogP contribution is 2.14. The van der Waals surface area contributed by atoms with Crippen molar-refractivity contribution in [3.05, 3.63) is 59.9 Å². The second kappa shape index (κ2) is 7.90. The average Bonchev–Trinajstić information content (AvgIpc) is 2.63. The Morgan fingerprint density at radius 2 is 1.76 bits per heavy atom. The fraction of sp³-hybridized carbons (Fsp3) is 0.316. The molecule has 0 unspecified atom stereocenters. The number of hydrogen-bond acceptors (Lipinski definition) is 4. The SMILES string of the molecule is CC(=O)Nc1ccc(C(=O)N2CCN(Cc3ccccn3)CC2)cc1. The lowest BCUT2D eigenvalue weighted by Crippen LogP contribution is -2.48. The molecular formula is C19H22N4O2. The minimum atomic E-state index is -0.122. The van der Waals surface area contributed by atoms with E-state index in [2.05, 4.69) is 15.2 Å². The predicted molar refractivity (Wildman–Crippen MR) is 96.2 cm³/mol. The van der Waals surface area contributed by atoms with Crippen LogP contribution in [0.2, 0.25) is 0 Å². The normalized spacial score (nSPS) is 15.0. The highest BCUT2D eigenvalue weighted by Gasteiger charge is 2.22. The second-order valence-corrected chi connectivity index (χ2v) is 6.15. The zero-order chi connectivity index (χ0) is 17.6. The van der Waals surface area contributed by atoms with Gasteiger partial charge in [-0.15, -0.1) is 0 Å². The van der Waals surface area contributed by atoms with E-state index >= 15 is 0 Å². The lowest BCUT2D eigenvalue weighted by Gasteiger charge is -2.34. The van der Waals surface area contributed by atoms with E-state index in [4.69, 9.17) is 0 Å². The Balaban J connectivity index is 1.53. The van der Waals surface area contributed by atoms with E-state index in [1.54, 1.807) is 30.5 Å². The third-order valence-corrected chi connectivity index (χ3v) is 4.22. The number of carbonyl (C=O) groups excluding carboxylic acids is 2. The summed E-state index contributed by atoms with van der Waals surface area (Å²) in [6, 6.07) is 13.0. The van der Waals surface area contributed by atoms with Gasteiger partial charge in [-0.25, -0.2) is 0 Å². The minimum Gasteiger partial charge on any atom is -0.336 e. The van der Waals surface area contributed by atoms with E-state index in [0.29, 0.717) is 24.3 Å². The van der Waals surface area contributed by atoms with Crippen molar-refractivity contribution in [1.82, 2.24) is 14.8 Å². The molecule has 1 N–H and O–H groups in total. The average molecular weight is 338 g/mol. The Kier molecular flexibility index (Phi) is 5.40. The van der Waals surface area contributed by atoms with Crippen molar-refractivity contribution in [2.45, 2.75) is 13.5 Å². The molecule has 2 amide bonds. The first-order valence-electron chi connectivity index (χ1n) is 8.41. The Labute approximate surface area is 147 Å². The van der Waals surface area contributed by atoms with Crippen LogP contribution in [-0.2, 0) is 11.3 Å². The topological polar surface area (TPSA) is 65.5 Å². The second-order valence-electron chi connectivity index (χ2n) is 6.15. The van der Waals surface area contributed by atoms with E-state index in [9.17, 15) is 9.59 Å². The first kappa shape index (κ1) is 17.1. The number of anilines is 1. The van der Waals surface area contributed by atoms with Crippen molar-refractivity contribution in [1.29, 1.82) is 0 Å². The quantitative estimate of drug-likeness (QED) is 0.926. The van der Waals surface area contributed by atoms with E-state index in [-0.39, 0.29) is 11.8 Å². The van der Waals surface area contributed by atoms with Crippen LogP contribution in [-0.4, -0.2) is 52.8 Å². The summed E-state index contributed by atoms with van der Waals surface area (Å²) >= 11 is 0. The van der Waals surface area contributed by atoms with Crippen molar-refractivity contribution in [3.63, 3.8) is 0 Å². The van der Waals surface area contributed by atoms with Crippen molar-refractivity contribution >= 4 is 17.5 Å². The predicted octanol–water partition coefficient (Wildman–Crippen LogP) is 2.00. The summed E-state index contributed by atoms with van der Waals surface area (Å²) in [5.74, 6) is -0.0880. The summed E-state index contributed by atoms with van der Waals surface area (Å²) in [4.78, 5) is 32.2. The number of rotatable bonds is 4. The van der Waals surface area contributed by atoms with Crippen molar-refractivity contribution in [2.24, 2.45) is 0 Å². The molecule has 0 aliphatic carbocycles. The van der Waals surface area contributed by atoms with Crippen LogP contribution >= 0.6 is 0 Å². The summed E-state index contributed by atoms with van der Waals surface area (Å²) < 4.78 is 0. The van der Waals surface area contributed by atoms with E-state index in [0.717, 1.165) is 25.3 Å². The standard InChI is InChI=1S/C19H22N4O2/c1-15(24)21-17-7-5-16(6-8-17)19(25)23-12-10-22(11-13-23)14-18-4-2-3-9-20-18/h2-9H,10-14H2,1H3,(H,21,24). The van der Waals surface area contributed by atoms with Crippen LogP contribution in [0, 0.1) is 0 Å². The number of carbonyl (C=O) groups is 2.